The Morgan fingerprint density at radius 1 is 1.11 bits per heavy atom. The molecule has 0 aromatic heterocycles. The number of fused-ring (bicyclic) bond motifs is 2. The summed E-state index contributed by atoms with van der Waals surface area (Å²) in [7, 11) is 1.88. The maximum absolute atomic E-state index is 12.6. The van der Waals surface area contributed by atoms with E-state index in [2.05, 4.69) is 58.7 Å². The van der Waals surface area contributed by atoms with E-state index in [1.807, 2.05) is 11.9 Å². The number of benzene rings is 2. The van der Waals surface area contributed by atoms with Crippen LogP contribution >= 0.6 is 0 Å². The van der Waals surface area contributed by atoms with E-state index < -0.39 is 0 Å². The molecule has 2 aliphatic heterocycles. The number of hydrogen-bond donors (Lipinski definition) is 1. The lowest BCUT2D eigenvalue weighted by Gasteiger charge is -2.30. The fraction of sp³-hybridized carbons (Fsp3) is 0.435. The van der Waals surface area contributed by atoms with E-state index in [1.54, 1.807) is 0 Å². The summed E-state index contributed by atoms with van der Waals surface area (Å²) in [6.07, 6.45) is 2.69. The van der Waals surface area contributed by atoms with Crippen molar-refractivity contribution in [3.63, 3.8) is 0 Å². The Morgan fingerprint density at radius 3 is 2.36 bits per heavy atom. The molecule has 5 nitrogen and oxygen atoms in total. The van der Waals surface area contributed by atoms with Crippen molar-refractivity contribution in [1.82, 2.24) is 10.2 Å². The van der Waals surface area contributed by atoms with Crippen molar-refractivity contribution in [2.45, 2.75) is 25.4 Å². The van der Waals surface area contributed by atoms with E-state index >= 15 is 0 Å². The number of carbonyl (C=O) groups is 1. The Labute approximate surface area is 167 Å². The van der Waals surface area contributed by atoms with Gasteiger partial charge in [0.05, 0.1) is 6.61 Å². The van der Waals surface area contributed by atoms with Crippen LogP contribution in [0.5, 0.6) is 0 Å². The summed E-state index contributed by atoms with van der Waals surface area (Å²) in [6, 6.07) is 17.4. The summed E-state index contributed by atoms with van der Waals surface area (Å²) in [5.74, 6) is 0.0730. The summed E-state index contributed by atoms with van der Waals surface area (Å²) in [4.78, 5) is 16.8. The number of rotatable bonds is 5. The second-order valence-corrected chi connectivity index (χ2v) is 7.59. The van der Waals surface area contributed by atoms with Crippen LogP contribution in [0.25, 0.3) is 0 Å². The topological polar surface area (TPSA) is 44.8 Å². The van der Waals surface area contributed by atoms with Gasteiger partial charge in [-0.15, -0.1) is 0 Å². The zero-order valence-corrected chi connectivity index (χ0v) is 16.6. The second kappa shape index (κ2) is 8.76. The summed E-state index contributed by atoms with van der Waals surface area (Å²) in [6.45, 7) is 3.64. The number of para-hydroxylation sites is 2. The van der Waals surface area contributed by atoms with Crippen LogP contribution in [-0.4, -0.2) is 56.7 Å². The molecule has 1 fully saturated rings. The molecule has 1 atom stereocenters. The molecule has 2 aromatic carbocycles. The predicted octanol–water partition coefficient (Wildman–Crippen LogP) is 2.76. The van der Waals surface area contributed by atoms with Gasteiger partial charge in [-0.05, 0) is 42.5 Å². The molecular weight excluding hydrogens is 350 g/mol. The third kappa shape index (κ3) is 4.05. The highest BCUT2D eigenvalue weighted by atomic mass is 16.5. The number of carbonyl (C=O) groups excluding carboxylic acids is 1. The van der Waals surface area contributed by atoms with Gasteiger partial charge in [0, 0.05) is 44.6 Å². The predicted molar refractivity (Wildman–Crippen MR) is 112 cm³/mol. The van der Waals surface area contributed by atoms with Gasteiger partial charge in [-0.2, -0.15) is 0 Å². The van der Waals surface area contributed by atoms with Gasteiger partial charge in [0.25, 0.3) is 5.91 Å². The first-order valence-electron chi connectivity index (χ1n) is 10.2. The van der Waals surface area contributed by atoms with Crippen LogP contribution < -0.4 is 10.2 Å². The van der Waals surface area contributed by atoms with Crippen molar-refractivity contribution < 1.29 is 9.53 Å². The normalized spacial score (nSPS) is 18.8. The van der Waals surface area contributed by atoms with E-state index in [4.69, 9.17) is 4.74 Å². The van der Waals surface area contributed by atoms with Gasteiger partial charge in [-0.1, -0.05) is 36.4 Å². The zero-order valence-electron chi connectivity index (χ0n) is 16.6. The number of nitrogens with zero attached hydrogens (tertiary/aromatic N) is 2. The molecule has 0 spiro atoms. The van der Waals surface area contributed by atoms with Crippen molar-refractivity contribution >= 4 is 17.3 Å². The van der Waals surface area contributed by atoms with Crippen molar-refractivity contribution in [2.24, 2.45) is 0 Å². The Kier molecular flexibility index (Phi) is 5.93. The third-order valence-corrected chi connectivity index (χ3v) is 5.68. The molecule has 2 aliphatic rings. The van der Waals surface area contributed by atoms with Crippen molar-refractivity contribution in [3.05, 3.63) is 59.7 Å². The Bertz CT molecular complexity index is 769. The quantitative estimate of drug-likeness (QED) is 0.868. The monoisotopic (exact) mass is 379 g/mol. The van der Waals surface area contributed by atoms with Gasteiger partial charge in [-0.3, -0.25) is 4.79 Å². The van der Waals surface area contributed by atoms with Gasteiger partial charge in [0.1, 0.15) is 6.10 Å². The smallest absolute Gasteiger partial charge is 0.252 e. The number of anilines is 2. The minimum absolute atomic E-state index is 0.0730. The highest BCUT2D eigenvalue weighted by molar-refractivity contribution is 5.81. The van der Waals surface area contributed by atoms with Crippen LogP contribution in [0.1, 0.15) is 17.5 Å². The molecule has 0 bridgehead atoms. The van der Waals surface area contributed by atoms with Crippen molar-refractivity contribution in [3.8, 4) is 0 Å². The van der Waals surface area contributed by atoms with E-state index in [0.717, 1.165) is 38.9 Å². The lowest BCUT2D eigenvalue weighted by molar-refractivity contribution is -0.143. The molecule has 0 saturated carbocycles. The van der Waals surface area contributed by atoms with Gasteiger partial charge >= 0.3 is 0 Å². The standard InChI is InChI=1S/C23H29N3O2/c1-25(23(27)22-17-24-13-16-28-22)14-6-15-26-20-9-4-2-7-18(20)11-12-19-8-3-5-10-21(19)26/h2-5,7-10,22,24H,6,11-17H2,1H3/t22-/m0/s1. The Hall–Kier alpha value is -2.37. The van der Waals surface area contributed by atoms with Crippen LogP contribution in [0, 0.1) is 0 Å². The molecule has 2 aromatic rings. The zero-order chi connectivity index (χ0) is 19.3. The molecule has 5 heteroatoms. The summed E-state index contributed by atoms with van der Waals surface area (Å²) >= 11 is 0. The lowest BCUT2D eigenvalue weighted by Crippen LogP contribution is -2.48. The summed E-state index contributed by atoms with van der Waals surface area (Å²) < 4.78 is 5.60. The minimum atomic E-state index is -0.349. The molecule has 148 valence electrons. The molecular formula is C23H29N3O2. The highest BCUT2D eigenvalue weighted by Crippen LogP contribution is 2.35. The average Bonchev–Trinajstić information content (AvgIpc) is 2.91. The number of morpholine rings is 1. The first-order valence-corrected chi connectivity index (χ1v) is 10.2. The van der Waals surface area contributed by atoms with Gasteiger partial charge in [-0.25, -0.2) is 0 Å². The number of aryl methyl sites for hydroxylation is 2. The van der Waals surface area contributed by atoms with Gasteiger partial charge in [0.15, 0.2) is 0 Å². The number of likely N-dealkylation sites (N-methyl/N-ethyl adjacent to an activating group) is 1. The van der Waals surface area contributed by atoms with Crippen LogP contribution in [0.3, 0.4) is 0 Å². The molecule has 1 saturated heterocycles. The maximum atomic E-state index is 12.6. The number of amides is 1. The van der Waals surface area contributed by atoms with E-state index in [1.165, 1.54) is 22.5 Å². The van der Waals surface area contributed by atoms with E-state index in [0.29, 0.717) is 13.2 Å². The minimum Gasteiger partial charge on any atom is -0.366 e. The van der Waals surface area contributed by atoms with Crippen LogP contribution in [-0.2, 0) is 22.4 Å². The van der Waals surface area contributed by atoms with Crippen molar-refractivity contribution in [1.29, 1.82) is 0 Å². The van der Waals surface area contributed by atoms with Crippen LogP contribution in [0.4, 0.5) is 11.4 Å². The molecule has 2 heterocycles. The fourth-order valence-corrected chi connectivity index (χ4v) is 4.16. The number of nitrogens with one attached hydrogen (secondary N) is 1. The fourth-order valence-electron chi connectivity index (χ4n) is 4.16. The first-order chi connectivity index (χ1) is 13.7. The molecule has 4 rings (SSSR count). The van der Waals surface area contributed by atoms with Crippen LogP contribution in [0.15, 0.2) is 48.5 Å². The van der Waals surface area contributed by atoms with E-state index in [9.17, 15) is 4.79 Å². The molecule has 0 unspecified atom stereocenters. The maximum Gasteiger partial charge on any atom is 0.252 e. The SMILES string of the molecule is CN(CCCN1c2ccccc2CCc2ccccc21)C(=O)[C@@H]1CNCCO1. The molecule has 1 amide bonds. The Morgan fingerprint density at radius 2 is 1.75 bits per heavy atom. The van der Waals surface area contributed by atoms with E-state index in [-0.39, 0.29) is 12.0 Å². The third-order valence-electron chi connectivity index (χ3n) is 5.68. The largest absolute Gasteiger partial charge is 0.366 e. The van der Waals surface area contributed by atoms with Gasteiger partial charge in [0.2, 0.25) is 0 Å². The highest BCUT2D eigenvalue weighted by Gasteiger charge is 2.25. The first kappa shape index (κ1) is 19.0. The van der Waals surface area contributed by atoms with Crippen molar-refractivity contribution in [2.75, 3.05) is 44.7 Å². The Balaban J connectivity index is 1.45. The number of hydrogen-bond acceptors (Lipinski definition) is 4. The summed E-state index contributed by atoms with van der Waals surface area (Å²) in [5, 5.41) is 3.23. The molecule has 28 heavy (non-hydrogen) atoms. The average molecular weight is 380 g/mol. The number of ether oxygens (including phenoxy) is 1. The van der Waals surface area contributed by atoms with Gasteiger partial charge < -0.3 is 19.9 Å². The lowest BCUT2D eigenvalue weighted by atomic mass is 10.0. The van der Waals surface area contributed by atoms with Crippen LogP contribution in [0.2, 0.25) is 0 Å². The summed E-state index contributed by atoms with van der Waals surface area (Å²) in [5.41, 5.74) is 5.37. The molecule has 1 N–H and O–H groups in total. The molecule has 0 radical (unpaired) electrons. The second-order valence-electron chi connectivity index (χ2n) is 7.59. The molecule has 0 aliphatic carbocycles.